The molecule has 2 N–H and O–H groups in total. The zero-order valence-electron chi connectivity index (χ0n) is 11.5. The molecule has 0 saturated carbocycles. The molecule has 0 spiro atoms. The summed E-state index contributed by atoms with van der Waals surface area (Å²) in [6.45, 7) is 4.06. The van der Waals surface area contributed by atoms with Crippen molar-refractivity contribution in [3.8, 4) is 5.75 Å². The Balaban J connectivity index is 2.60. The molecule has 0 atom stereocenters. The third-order valence-electron chi connectivity index (χ3n) is 2.67. The zero-order valence-corrected chi connectivity index (χ0v) is 12.2. The topological polar surface area (TPSA) is 50.4 Å². The lowest BCUT2D eigenvalue weighted by molar-refractivity contribution is -0.121. The van der Waals surface area contributed by atoms with E-state index in [1.807, 2.05) is 18.2 Å². The van der Waals surface area contributed by atoms with Crippen molar-refractivity contribution in [2.24, 2.45) is 0 Å². The summed E-state index contributed by atoms with van der Waals surface area (Å²) in [4.78, 5) is 11.1. The van der Waals surface area contributed by atoms with Crippen molar-refractivity contribution in [3.63, 3.8) is 0 Å². The molecule has 19 heavy (non-hydrogen) atoms. The molecule has 1 rings (SSSR count). The van der Waals surface area contributed by atoms with Gasteiger partial charge in [-0.3, -0.25) is 4.79 Å². The molecular formula is C14H21ClN2O2. The summed E-state index contributed by atoms with van der Waals surface area (Å²) in [5.74, 6) is 0.702. The van der Waals surface area contributed by atoms with Crippen LogP contribution < -0.4 is 15.4 Å². The number of carbonyl (C=O) groups excluding carboxylic acids is 1. The molecule has 0 heterocycles. The predicted molar refractivity (Wildman–Crippen MR) is 77.6 cm³/mol. The van der Waals surface area contributed by atoms with Crippen molar-refractivity contribution < 1.29 is 9.53 Å². The maximum absolute atomic E-state index is 11.1. The van der Waals surface area contributed by atoms with Crippen LogP contribution >= 0.6 is 11.6 Å². The Morgan fingerprint density at radius 2 is 2.21 bits per heavy atom. The average Bonchev–Trinajstić information content (AvgIpc) is 2.41. The van der Waals surface area contributed by atoms with Gasteiger partial charge >= 0.3 is 0 Å². The zero-order chi connectivity index (χ0) is 14.1. The average molecular weight is 285 g/mol. The van der Waals surface area contributed by atoms with Gasteiger partial charge in [0.1, 0.15) is 5.75 Å². The van der Waals surface area contributed by atoms with Gasteiger partial charge in [-0.25, -0.2) is 0 Å². The van der Waals surface area contributed by atoms with Crippen LogP contribution in [0.25, 0.3) is 0 Å². The first-order chi connectivity index (χ1) is 9.19. The van der Waals surface area contributed by atoms with Gasteiger partial charge in [-0.15, -0.1) is 0 Å². The molecular weight excluding hydrogens is 264 g/mol. The van der Waals surface area contributed by atoms with Crippen LogP contribution in [0, 0.1) is 0 Å². The van der Waals surface area contributed by atoms with E-state index in [1.54, 1.807) is 7.05 Å². The van der Waals surface area contributed by atoms with Crippen molar-refractivity contribution in [1.29, 1.82) is 0 Å². The summed E-state index contributed by atoms with van der Waals surface area (Å²) in [6, 6.07) is 5.57. The number of amides is 1. The number of nitrogens with one attached hydrogen (secondary N) is 2. The van der Waals surface area contributed by atoms with E-state index in [9.17, 15) is 4.79 Å². The van der Waals surface area contributed by atoms with E-state index >= 15 is 0 Å². The van der Waals surface area contributed by atoms with Crippen LogP contribution in [0.2, 0.25) is 5.02 Å². The first-order valence-corrected chi connectivity index (χ1v) is 6.88. The van der Waals surface area contributed by atoms with Gasteiger partial charge in [0.15, 0.2) is 0 Å². The van der Waals surface area contributed by atoms with E-state index in [2.05, 4.69) is 17.6 Å². The second-order valence-electron chi connectivity index (χ2n) is 4.16. The minimum atomic E-state index is -0.0345. The molecule has 0 aliphatic heterocycles. The summed E-state index contributed by atoms with van der Waals surface area (Å²) in [7, 11) is 1.61. The first kappa shape index (κ1) is 15.8. The van der Waals surface area contributed by atoms with Crippen LogP contribution in [0.4, 0.5) is 0 Å². The normalized spacial score (nSPS) is 10.3. The second-order valence-corrected chi connectivity index (χ2v) is 4.57. The molecule has 1 aromatic carbocycles. The number of benzene rings is 1. The second kappa shape index (κ2) is 8.77. The Morgan fingerprint density at radius 3 is 2.89 bits per heavy atom. The highest BCUT2D eigenvalue weighted by atomic mass is 35.5. The Kier molecular flexibility index (Phi) is 7.30. The maximum Gasteiger partial charge on any atom is 0.223 e. The van der Waals surface area contributed by atoms with Gasteiger partial charge in [0.2, 0.25) is 5.91 Å². The monoisotopic (exact) mass is 284 g/mol. The molecule has 0 aliphatic carbocycles. The summed E-state index contributed by atoms with van der Waals surface area (Å²) in [6.07, 6.45) is 1.40. The minimum Gasteiger partial charge on any atom is -0.493 e. The Bertz CT molecular complexity index is 410. The fourth-order valence-corrected chi connectivity index (χ4v) is 1.85. The number of halogens is 1. The fraction of sp³-hybridized carbons (Fsp3) is 0.500. The summed E-state index contributed by atoms with van der Waals surface area (Å²) >= 11 is 6.18. The van der Waals surface area contributed by atoms with Gasteiger partial charge in [0.05, 0.1) is 13.0 Å². The van der Waals surface area contributed by atoms with Gasteiger partial charge in [-0.1, -0.05) is 24.6 Å². The molecule has 5 heteroatoms. The molecule has 0 unspecified atom stereocenters. The molecule has 106 valence electrons. The molecule has 1 aromatic rings. The summed E-state index contributed by atoms with van der Waals surface area (Å²) in [5.41, 5.74) is 0.939. The fourth-order valence-electron chi connectivity index (χ4n) is 1.61. The van der Waals surface area contributed by atoms with Crippen LogP contribution in [-0.2, 0) is 11.3 Å². The van der Waals surface area contributed by atoms with Crippen LogP contribution in [-0.4, -0.2) is 26.1 Å². The standard InChI is InChI=1S/C14H21ClN2O2/c1-3-8-17-10-11-12(15)5-4-6-13(11)19-9-7-14(18)16-2/h4-6,17H,3,7-10H2,1-2H3,(H,16,18). The number of rotatable bonds is 8. The third-order valence-corrected chi connectivity index (χ3v) is 3.02. The van der Waals surface area contributed by atoms with Crippen molar-refractivity contribution in [1.82, 2.24) is 10.6 Å². The largest absolute Gasteiger partial charge is 0.493 e. The molecule has 0 aliphatic rings. The lowest BCUT2D eigenvalue weighted by Crippen LogP contribution is -2.20. The highest BCUT2D eigenvalue weighted by molar-refractivity contribution is 6.31. The number of carbonyl (C=O) groups is 1. The van der Waals surface area contributed by atoms with Crippen LogP contribution in [0.3, 0.4) is 0 Å². The molecule has 0 saturated heterocycles. The molecule has 0 radical (unpaired) electrons. The van der Waals surface area contributed by atoms with E-state index in [1.165, 1.54) is 0 Å². The van der Waals surface area contributed by atoms with E-state index < -0.39 is 0 Å². The molecule has 0 fully saturated rings. The summed E-state index contributed by atoms with van der Waals surface area (Å²) in [5, 5.41) is 6.54. The van der Waals surface area contributed by atoms with Gasteiger partial charge in [0.25, 0.3) is 0 Å². The van der Waals surface area contributed by atoms with E-state index in [0.717, 1.165) is 24.3 Å². The number of hydrogen-bond acceptors (Lipinski definition) is 3. The van der Waals surface area contributed by atoms with Crippen molar-refractivity contribution >= 4 is 17.5 Å². The lowest BCUT2D eigenvalue weighted by Gasteiger charge is -2.13. The summed E-state index contributed by atoms with van der Waals surface area (Å²) < 4.78 is 5.64. The Morgan fingerprint density at radius 1 is 1.42 bits per heavy atom. The highest BCUT2D eigenvalue weighted by Crippen LogP contribution is 2.26. The van der Waals surface area contributed by atoms with Gasteiger partial charge in [-0.05, 0) is 25.1 Å². The molecule has 0 aromatic heterocycles. The van der Waals surface area contributed by atoms with E-state index in [4.69, 9.17) is 16.3 Å². The number of ether oxygens (including phenoxy) is 1. The van der Waals surface area contributed by atoms with Gasteiger partial charge in [0, 0.05) is 24.2 Å². The molecule has 4 nitrogen and oxygen atoms in total. The van der Waals surface area contributed by atoms with Crippen LogP contribution in [0.1, 0.15) is 25.3 Å². The van der Waals surface area contributed by atoms with Crippen molar-refractivity contribution in [2.45, 2.75) is 26.3 Å². The molecule has 1 amide bonds. The third kappa shape index (κ3) is 5.49. The maximum atomic E-state index is 11.1. The van der Waals surface area contributed by atoms with Crippen LogP contribution in [0.5, 0.6) is 5.75 Å². The predicted octanol–water partition coefficient (Wildman–Crippen LogP) is 2.35. The smallest absolute Gasteiger partial charge is 0.223 e. The number of hydrogen-bond donors (Lipinski definition) is 2. The van der Waals surface area contributed by atoms with E-state index in [-0.39, 0.29) is 5.91 Å². The lowest BCUT2D eigenvalue weighted by atomic mass is 10.2. The highest BCUT2D eigenvalue weighted by Gasteiger charge is 2.08. The Labute approximate surface area is 119 Å². The quantitative estimate of drug-likeness (QED) is 0.721. The first-order valence-electron chi connectivity index (χ1n) is 6.50. The van der Waals surface area contributed by atoms with Gasteiger partial charge < -0.3 is 15.4 Å². The van der Waals surface area contributed by atoms with E-state index in [0.29, 0.717) is 24.6 Å². The van der Waals surface area contributed by atoms with Crippen LogP contribution in [0.15, 0.2) is 18.2 Å². The van der Waals surface area contributed by atoms with Crippen molar-refractivity contribution in [2.75, 3.05) is 20.2 Å². The Hall–Kier alpha value is -1.26. The van der Waals surface area contributed by atoms with Crippen molar-refractivity contribution in [3.05, 3.63) is 28.8 Å². The SMILES string of the molecule is CCCNCc1c(Cl)cccc1OCCC(=O)NC. The molecule has 0 bridgehead atoms. The van der Waals surface area contributed by atoms with Gasteiger partial charge in [-0.2, -0.15) is 0 Å². The minimum absolute atomic E-state index is 0.0345.